The predicted octanol–water partition coefficient (Wildman–Crippen LogP) is 8.79. The lowest BCUT2D eigenvalue weighted by Crippen LogP contribution is -2.43. The van der Waals surface area contributed by atoms with E-state index in [9.17, 15) is 13.6 Å². The van der Waals surface area contributed by atoms with Crippen molar-refractivity contribution in [2.75, 3.05) is 18.0 Å². The first-order valence-corrected chi connectivity index (χ1v) is 13.9. The molecule has 10 heteroatoms. The molecule has 4 aromatic rings. The van der Waals surface area contributed by atoms with Gasteiger partial charge >= 0.3 is 12.5 Å². The fourth-order valence-electron chi connectivity index (χ4n) is 3.90. The van der Waals surface area contributed by atoms with Crippen LogP contribution < -0.4 is 4.90 Å². The molecule has 0 fully saturated rings. The average Bonchev–Trinajstić information content (AvgIpc) is 3.53. The molecule has 0 atom stereocenters. The van der Waals surface area contributed by atoms with Crippen LogP contribution >= 0.6 is 0 Å². The van der Waals surface area contributed by atoms with E-state index in [2.05, 4.69) is 15.2 Å². The van der Waals surface area contributed by atoms with E-state index in [1.165, 1.54) is 17.0 Å². The Balaban J connectivity index is 0.00000141. The summed E-state index contributed by atoms with van der Waals surface area (Å²) in [4.78, 5) is 20.8. The van der Waals surface area contributed by atoms with Crippen molar-refractivity contribution < 1.29 is 22.4 Å². The van der Waals surface area contributed by atoms with Gasteiger partial charge in [0, 0.05) is 42.3 Å². The monoisotopic (exact) mass is 569 g/mol. The first kappa shape index (κ1) is 33.0. The van der Waals surface area contributed by atoms with Gasteiger partial charge in [0.15, 0.2) is 0 Å². The van der Waals surface area contributed by atoms with Crippen LogP contribution in [0.2, 0.25) is 0 Å². The van der Waals surface area contributed by atoms with Crippen molar-refractivity contribution in [3.8, 4) is 22.6 Å². The molecule has 7 nitrogen and oxygen atoms in total. The van der Waals surface area contributed by atoms with E-state index >= 15 is 4.39 Å². The molecule has 220 valence electrons. The highest BCUT2D eigenvalue weighted by Gasteiger charge is 2.23. The lowest BCUT2D eigenvalue weighted by atomic mass is 10.1. The maximum atomic E-state index is 15.2. The Bertz CT molecular complexity index is 1330. The van der Waals surface area contributed by atoms with Crippen LogP contribution in [0.3, 0.4) is 0 Å². The third kappa shape index (κ3) is 8.64. The molecule has 0 saturated heterocycles. The van der Waals surface area contributed by atoms with E-state index in [1.54, 1.807) is 17.3 Å². The van der Waals surface area contributed by atoms with Gasteiger partial charge in [0.2, 0.25) is 5.89 Å². The van der Waals surface area contributed by atoms with Crippen molar-refractivity contribution in [2.45, 2.75) is 60.9 Å². The van der Waals surface area contributed by atoms with Gasteiger partial charge in [-0.1, -0.05) is 52.8 Å². The molecule has 0 aliphatic rings. The number of alkyl halides is 2. The van der Waals surface area contributed by atoms with Gasteiger partial charge in [0.05, 0.1) is 6.54 Å². The molecule has 0 unspecified atom stereocenters. The lowest BCUT2D eigenvalue weighted by molar-refractivity contribution is 0.116. The smallest absolute Gasteiger partial charge is 0.324 e. The Morgan fingerprint density at radius 3 is 2.02 bits per heavy atom. The summed E-state index contributed by atoms with van der Waals surface area (Å²) in [5.74, 6) is -1.67. The van der Waals surface area contributed by atoms with Crippen molar-refractivity contribution in [2.24, 2.45) is 0 Å². The van der Waals surface area contributed by atoms with Crippen LogP contribution in [0.5, 0.6) is 0 Å². The number of nitrogens with zero attached hydrogens (tertiary/aromatic N) is 5. The number of halogens is 3. The Hall–Kier alpha value is -4.21. The van der Waals surface area contributed by atoms with Crippen molar-refractivity contribution in [3.63, 3.8) is 0 Å². The second kappa shape index (κ2) is 16.8. The standard InChI is InChI=1S/C27H26F3N5O2.2C2H6/c1-3-15-34(4-2)27(36)35(22-9-7-18(8-10-22)19-11-13-31-14-12-19)17-21-6-5-20(16-23(21)28)25-32-33-26(37-25)24(29)30;2*1-2/h5-14,16,24H,3-4,15,17H2,1-2H3;2*1-2H3. The van der Waals surface area contributed by atoms with Crippen molar-refractivity contribution in [1.29, 1.82) is 0 Å². The first-order valence-electron chi connectivity index (χ1n) is 13.9. The SMILES string of the molecule is CC.CC.CCCN(CC)C(=O)N(Cc1ccc(-c2nnc(C(F)F)o2)cc1F)c1ccc(-c2ccncc2)cc1. The molecule has 0 N–H and O–H groups in total. The summed E-state index contributed by atoms with van der Waals surface area (Å²) in [6.07, 6.45) is 1.28. The van der Waals surface area contributed by atoms with Gasteiger partial charge in [-0.2, -0.15) is 8.78 Å². The highest BCUT2D eigenvalue weighted by molar-refractivity contribution is 5.92. The number of pyridine rings is 1. The number of carbonyl (C=O) groups is 1. The fourth-order valence-corrected chi connectivity index (χ4v) is 3.90. The summed E-state index contributed by atoms with van der Waals surface area (Å²) in [6, 6.07) is 15.1. The molecule has 0 aliphatic heterocycles. The highest BCUT2D eigenvalue weighted by Crippen LogP contribution is 2.28. The maximum Gasteiger partial charge on any atom is 0.324 e. The van der Waals surface area contributed by atoms with E-state index in [4.69, 9.17) is 4.42 Å². The quantitative estimate of drug-likeness (QED) is 0.201. The zero-order valence-corrected chi connectivity index (χ0v) is 24.4. The van der Waals surface area contributed by atoms with Gasteiger partial charge in [-0.15, -0.1) is 10.2 Å². The Kier molecular flexibility index (Phi) is 13.5. The molecule has 4 rings (SSSR count). The molecule has 0 radical (unpaired) electrons. The van der Waals surface area contributed by atoms with E-state index in [-0.39, 0.29) is 29.6 Å². The van der Waals surface area contributed by atoms with Gasteiger partial charge in [-0.25, -0.2) is 9.18 Å². The minimum absolute atomic E-state index is 0.0358. The number of urea groups is 1. The summed E-state index contributed by atoms with van der Waals surface area (Å²) in [5, 5.41) is 6.84. The highest BCUT2D eigenvalue weighted by atomic mass is 19.3. The number of amides is 2. The topological polar surface area (TPSA) is 75.4 Å². The number of aromatic nitrogens is 3. The average molecular weight is 570 g/mol. The zero-order valence-electron chi connectivity index (χ0n) is 24.4. The van der Waals surface area contributed by atoms with Crippen LogP contribution in [0.15, 0.2) is 71.4 Å². The Morgan fingerprint density at radius 2 is 1.49 bits per heavy atom. The first-order chi connectivity index (χ1) is 19.9. The molecular weight excluding hydrogens is 531 g/mol. The van der Waals surface area contributed by atoms with Gasteiger partial charge in [-0.05, 0) is 60.9 Å². The number of benzene rings is 2. The molecular formula is C31H38F3N5O2. The van der Waals surface area contributed by atoms with Crippen LogP contribution in [0, 0.1) is 5.82 Å². The third-order valence-corrected chi connectivity index (χ3v) is 5.83. The summed E-state index contributed by atoms with van der Waals surface area (Å²) in [5.41, 5.74) is 2.97. The fraction of sp³-hybridized carbons (Fsp3) is 0.355. The van der Waals surface area contributed by atoms with E-state index in [0.29, 0.717) is 18.8 Å². The summed E-state index contributed by atoms with van der Waals surface area (Å²) in [6.45, 7) is 12.9. The van der Waals surface area contributed by atoms with E-state index < -0.39 is 18.1 Å². The van der Waals surface area contributed by atoms with Crippen molar-refractivity contribution in [3.05, 3.63) is 84.3 Å². The van der Waals surface area contributed by atoms with Gasteiger partial charge < -0.3 is 9.32 Å². The molecule has 0 saturated carbocycles. The van der Waals surface area contributed by atoms with Crippen LogP contribution in [0.25, 0.3) is 22.6 Å². The minimum atomic E-state index is -2.92. The van der Waals surface area contributed by atoms with Crippen LogP contribution in [-0.4, -0.2) is 39.2 Å². The summed E-state index contributed by atoms with van der Waals surface area (Å²) >= 11 is 0. The van der Waals surface area contributed by atoms with Crippen LogP contribution in [0.1, 0.15) is 65.8 Å². The second-order valence-electron chi connectivity index (χ2n) is 8.28. The molecule has 41 heavy (non-hydrogen) atoms. The second-order valence-corrected chi connectivity index (χ2v) is 8.28. The third-order valence-electron chi connectivity index (χ3n) is 5.83. The predicted molar refractivity (Wildman–Crippen MR) is 156 cm³/mol. The maximum absolute atomic E-state index is 15.2. The number of hydrogen-bond donors (Lipinski definition) is 0. The van der Waals surface area contributed by atoms with Gasteiger partial charge in [-0.3, -0.25) is 9.88 Å². The minimum Gasteiger partial charge on any atom is -0.415 e. The van der Waals surface area contributed by atoms with E-state index in [0.717, 1.165) is 23.6 Å². The number of anilines is 1. The molecule has 0 spiro atoms. The molecule has 0 aliphatic carbocycles. The normalized spacial score (nSPS) is 10.3. The van der Waals surface area contributed by atoms with Crippen LogP contribution in [-0.2, 0) is 6.54 Å². The largest absolute Gasteiger partial charge is 0.415 e. The van der Waals surface area contributed by atoms with E-state index in [1.807, 2.05) is 77.9 Å². The molecule has 0 bridgehead atoms. The summed E-state index contributed by atoms with van der Waals surface area (Å²) in [7, 11) is 0. The van der Waals surface area contributed by atoms with Crippen LogP contribution in [0.4, 0.5) is 23.7 Å². The van der Waals surface area contributed by atoms with Gasteiger partial charge in [0.25, 0.3) is 5.89 Å². The summed E-state index contributed by atoms with van der Waals surface area (Å²) < 4.78 is 45.6. The molecule has 2 aromatic carbocycles. The number of carbonyl (C=O) groups excluding carboxylic acids is 1. The Morgan fingerprint density at radius 1 is 0.878 bits per heavy atom. The molecule has 2 amide bonds. The van der Waals surface area contributed by atoms with Gasteiger partial charge in [0.1, 0.15) is 5.82 Å². The Labute approximate surface area is 240 Å². The molecule has 2 aromatic heterocycles. The number of hydrogen-bond acceptors (Lipinski definition) is 5. The van der Waals surface area contributed by atoms with Crippen molar-refractivity contribution >= 4 is 11.7 Å². The lowest BCUT2D eigenvalue weighted by Gasteiger charge is -2.30. The molecule has 2 heterocycles. The number of rotatable bonds is 9. The zero-order chi connectivity index (χ0) is 30.4. The van der Waals surface area contributed by atoms with Crippen molar-refractivity contribution in [1.82, 2.24) is 20.1 Å².